The Morgan fingerprint density at radius 1 is 1.17 bits per heavy atom. The van der Waals surface area contributed by atoms with E-state index < -0.39 is 15.9 Å². The molecule has 1 rings (SSSR count). The van der Waals surface area contributed by atoms with Gasteiger partial charge in [-0.15, -0.1) is 0 Å². The Bertz CT molecular complexity index is 696. The van der Waals surface area contributed by atoms with E-state index in [0.717, 1.165) is 4.47 Å². The van der Waals surface area contributed by atoms with Gasteiger partial charge in [0, 0.05) is 18.2 Å². The van der Waals surface area contributed by atoms with Gasteiger partial charge in [-0.1, -0.05) is 4.47 Å². The molecular formula is C14H22N4O4S2. The van der Waals surface area contributed by atoms with E-state index in [1.807, 2.05) is 20.8 Å². The molecule has 0 atom stereocenters. The van der Waals surface area contributed by atoms with E-state index in [1.54, 1.807) is 0 Å². The number of nitrogens with one attached hydrogen (secondary N) is 3. The lowest BCUT2D eigenvalue weighted by Gasteiger charge is -2.23. The van der Waals surface area contributed by atoms with Crippen LogP contribution < -0.4 is 16.2 Å². The molecule has 0 fully saturated rings. The van der Waals surface area contributed by atoms with E-state index >= 15 is 0 Å². The van der Waals surface area contributed by atoms with Crippen LogP contribution in [0.3, 0.4) is 0 Å². The maximum absolute atomic E-state index is 12.1. The maximum Gasteiger partial charge on any atom is 0.269 e. The molecule has 0 bridgehead atoms. The number of hydrazine groups is 1. The smallest absolute Gasteiger partial charge is 0.269 e. The van der Waals surface area contributed by atoms with E-state index in [4.69, 9.17) is 12.2 Å². The summed E-state index contributed by atoms with van der Waals surface area (Å²) in [6, 6.07) is 5.44. The van der Waals surface area contributed by atoms with E-state index in [2.05, 4.69) is 21.0 Å². The average molecular weight is 374 g/mol. The fourth-order valence-electron chi connectivity index (χ4n) is 1.58. The van der Waals surface area contributed by atoms with Crippen molar-refractivity contribution in [3.05, 3.63) is 29.8 Å². The minimum Gasteiger partial charge on any atom is -0.357 e. The summed E-state index contributed by atoms with van der Waals surface area (Å²) in [7, 11) is -1.21. The molecule has 3 N–H and O–H groups in total. The molecule has 0 unspecified atom stereocenters. The first-order valence-electron chi connectivity index (χ1n) is 6.99. The highest BCUT2D eigenvalue weighted by molar-refractivity contribution is 7.89. The van der Waals surface area contributed by atoms with E-state index in [1.165, 1.54) is 38.4 Å². The van der Waals surface area contributed by atoms with Crippen LogP contribution in [0.25, 0.3) is 0 Å². The van der Waals surface area contributed by atoms with Gasteiger partial charge < -0.3 is 5.32 Å². The van der Waals surface area contributed by atoms with Crippen LogP contribution in [-0.2, 0) is 14.9 Å². The first kappa shape index (κ1) is 20.3. The van der Waals surface area contributed by atoms with Gasteiger partial charge in [-0.25, -0.2) is 8.42 Å². The quantitative estimate of drug-likeness (QED) is 0.529. The highest BCUT2D eigenvalue weighted by Gasteiger charge is 2.21. The van der Waals surface area contributed by atoms with Gasteiger partial charge in [0.2, 0.25) is 0 Å². The van der Waals surface area contributed by atoms with Crippen molar-refractivity contribution in [1.29, 1.82) is 0 Å². The zero-order valence-corrected chi connectivity index (χ0v) is 15.8. The van der Waals surface area contributed by atoms with Crippen LogP contribution in [0.5, 0.6) is 0 Å². The largest absolute Gasteiger partial charge is 0.357 e. The van der Waals surface area contributed by atoms with Gasteiger partial charge in [0.05, 0.1) is 12.0 Å². The normalized spacial score (nSPS) is 11.9. The fourth-order valence-corrected chi connectivity index (χ4v) is 2.91. The Labute approximate surface area is 147 Å². The number of carbonyl (C=O) groups is 1. The Morgan fingerprint density at radius 2 is 1.71 bits per heavy atom. The molecule has 0 saturated heterocycles. The van der Waals surface area contributed by atoms with Gasteiger partial charge in [-0.2, -0.15) is 0 Å². The summed E-state index contributed by atoms with van der Waals surface area (Å²) in [5, 5.41) is 3.26. The van der Waals surface area contributed by atoms with Crippen molar-refractivity contribution in [2.24, 2.45) is 0 Å². The third kappa shape index (κ3) is 5.71. The van der Waals surface area contributed by atoms with Crippen molar-refractivity contribution in [2.75, 3.05) is 14.2 Å². The molecular weight excluding hydrogens is 352 g/mol. The molecule has 0 spiro atoms. The van der Waals surface area contributed by atoms with Crippen molar-refractivity contribution >= 4 is 33.3 Å². The number of carbonyl (C=O) groups excluding carboxylic acids is 1. The Morgan fingerprint density at radius 3 is 2.17 bits per heavy atom. The summed E-state index contributed by atoms with van der Waals surface area (Å²) in [4.78, 5) is 16.7. The molecule has 10 heteroatoms. The Kier molecular flexibility index (Phi) is 6.67. The summed E-state index contributed by atoms with van der Waals surface area (Å²) < 4.78 is 24.8. The number of benzene rings is 1. The predicted octanol–water partition coefficient (Wildman–Crippen LogP) is 0.776. The second-order valence-electron chi connectivity index (χ2n) is 5.90. The van der Waals surface area contributed by atoms with Gasteiger partial charge in [0.15, 0.2) is 5.11 Å². The summed E-state index contributed by atoms with van der Waals surface area (Å²) in [5.74, 6) is -0.447. The minimum atomic E-state index is -3.74. The molecule has 1 aromatic rings. The number of hydroxylamine groups is 1. The highest BCUT2D eigenvalue weighted by atomic mass is 32.2. The lowest BCUT2D eigenvalue weighted by molar-refractivity contribution is -0.0258. The number of nitrogens with zero attached hydrogens (tertiary/aromatic N) is 1. The highest BCUT2D eigenvalue weighted by Crippen LogP contribution is 2.15. The van der Waals surface area contributed by atoms with Gasteiger partial charge in [-0.3, -0.25) is 20.5 Å². The Balaban J connectivity index is 2.73. The van der Waals surface area contributed by atoms with Crippen LogP contribution in [-0.4, -0.2) is 43.6 Å². The zero-order chi connectivity index (χ0) is 18.5. The van der Waals surface area contributed by atoms with Crippen molar-refractivity contribution in [1.82, 2.24) is 20.6 Å². The molecule has 0 saturated carbocycles. The van der Waals surface area contributed by atoms with Crippen LogP contribution in [0.15, 0.2) is 29.2 Å². The van der Waals surface area contributed by atoms with Crippen molar-refractivity contribution in [2.45, 2.75) is 31.2 Å². The molecule has 0 aromatic heterocycles. The van der Waals surface area contributed by atoms with Crippen LogP contribution >= 0.6 is 12.2 Å². The predicted molar refractivity (Wildman–Crippen MR) is 94.5 cm³/mol. The van der Waals surface area contributed by atoms with Gasteiger partial charge in [0.1, 0.15) is 0 Å². The number of hydrogen-bond donors (Lipinski definition) is 3. The molecule has 134 valence electrons. The second kappa shape index (κ2) is 7.88. The van der Waals surface area contributed by atoms with Crippen molar-refractivity contribution < 1.29 is 18.0 Å². The Hall–Kier alpha value is -1.75. The minimum absolute atomic E-state index is 0.0151. The molecule has 0 radical (unpaired) electrons. The monoisotopic (exact) mass is 374 g/mol. The van der Waals surface area contributed by atoms with Crippen molar-refractivity contribution in [3.8, 4) is 0 Å². The van der Waals surface area contributed by atoms with Crippen LogP contribution in [0.1, 0.15) is 31.1 Å². The fraction of sp³-hybridized carbons (Fsp3) is 0.429. The molecule has 8 nitrogen and oxygen atoms in total. The standard InChI is InChI=1S/C14H22N4O4S2/c1-14(2,3)15-13(23)17-16-12(19)10-6-8-11(9-7-10)24(20,21)18(4)22-5/h6-9H,1-5H3,(H,16,19)(H2,15,17,23). The lowest BCUT2D eigenvalue weighted by atomic mass is 10.1. The average Bonchev–Trinajstić information content (AvgIpc) is 2.50. The molecule has 1 amide bonds. The third-order valence-corrected chi connectivity index (χ3v) is 4.69. The van der Waals surface area contributed by atoms with Crippen LogP contribution in [0, 0.1) is 0 Å². The number of sulfonamides is 1. The first-order valence-corrected chi connectivity index (χ1v) is 8.84. The third-order valence-electron chi connectivity index (χ3n) is 2.79. The zero-order valence-electron chi connectivity index (χ0n) is 14.2. The van der Waals surface area contributed by atoms with Gasteiger partial charge >= 0.3 is 0 Å². The number of hydrogen-bond acceptors (Lipinski definition) is 5. The molecule has 0 heterocycles. The van der Waals surface area contributed by atoms with Gasteiger partial charge in [-0.05, 0) is 57.3 Å². The lowest BCUT2D eigenvalue weighted by Crippen LogP contribution is -2.52. The van der Waals surface area contributed by atoms with Crippen LogP contribution in [0.4, 0.5) is 0 Å². The maximum atomic E-state index is 12.1. The molecule has 24 heavy (non-hydrogen) atoms. The van der Waals surface area contributed by atoms with E-state index in [-0.39, 0.29) is 21.1 Å². The number of rotatable bonds is 4. The summed E-state index contributed by atoms with van der Waals surface area (Å²) in [6.07, 6.45) is 0. The summed E-state index contributed by atoms with van der Waals surface area (Å²) in [5.41, 5.74) is 5.06. The summed E-state index contributed by atoms with van der Waals surface area (Å²) in [6.45, 7) is 5.79. The van der Waals surface area contributed by atoms with E-state index in [9.17, 15) is 13.2 Å². The van der Waals surface area contributed by atoms with E-state index in [0.29, 0.717) is 0 Å². The van der Waals surface area contributed by atoms with Crippen molar-refractivity contribution in [3.63, 3.8) is 0 Å². The molecule has 0 aliphatic rings. The topological polar surface area (TPSA) is 99.8 Å². The molecule has 0 aliphatic heterocycles. The summed E-state index contributed by atoms with van der Waals surface area (Å²) >= 11 is 5.05. The molecule has 0 aliphatic carbocycles. The molecule has 1 aromatic carbocycles. The SMILES string of the molecule is CON(C)S(=O)(=O)c1ccc(C(=O)NNC(=S)NC(C)(C)C)cc1. The first-order chi connectivity index (χ1) is 11.0. The second-order valence-corrected chi connectivity index (χ2v) is 8.25. The van der Waals surface area contributed by atoms with Crippen LogP contribution in [0.2, 0.25) is 0 Å². The number of amides is 1. The van der Waals surface area contributed by atoms with Gasteiger partial charge in [0.25, 0.3) is 15.9 Å². The number of thiocarbonyl (C=S) groups is 1.